The fraction of sp³-hybridized carbons (Fsp3) is 0.250. The summed E-state index contributed by atoms with van der Waals surface area (Å²) in [5.74, 6) is -4.42. The van der Waals surface area contributed by atoms with Gasteiger partial charge in [-0.15, -0.1) is 33.3 Å². The van der Waals surface area contributed by atoms with Gasteiger partial charge in [0.2, 0.25) is 5.88 Å². The maximum absolute atomic E-state index is 13.0. The first-order chi connectivity index (χ1) is 19.1. The van der Waals surface area contributed by atoms with Crippen LogP contribution in [0.3, 0.4) is 0 Å². The number of aromatic hydroxyl groups is 1. The zero-order chi connectivity index (χ0) is 28.7. The van der Waals surface area contributed by atoms with Crippen LogP contribution in [0.4, 0.5) is 5.13 Å². The highest BCUT2D eigenvalue weighted by Crippen LogP contribution is 2.41. The largest absolute Gasteiger partial charge is 0.494 e. The Morgan fingerprint density at radius 2 is 2.02 bits per heavy atom. The number of thiazole rings is 1. The average molecular weight is 608 g/mol. The van der Waals surface area contributed by atoms with E-state index in [1.54, 1.807) is 0 Å². The number of nitrogens with zero attached hydrogens (tertiary/aromatic N) is 7. The van der Waals surface area contributed by atoms with Crippen molar-refractivity contribution in [3.05, 3.63) is 34.1 Å². The summed E-state index contributed by atoms with van der Waals surface area (Å²) in [5, 5.41) is 44.4. The first-order valence-corrected chi connectivity index (χ1v) is 13.9. The molecule has 5 rings (SSSR count). The van der Waals surface area contributed by atoms with Crippen molar-refractivity contribution in [2.24, 2.45) is 5.16 Å². The summed E-state index contributed by atoms with van der Waals surface area (Å²) in [7, 11) is 1.24. The van der Waals surface area contributed by atoms with Crippen molar-refractivity contribution >= 4 is 75.2 Å². The van der Waals surface area contributed by atoms with Crippen LogP contribution in [0.15, 0.2) is 33.0 Å². The molecule has 3 aromatic rings. The predicted octanol–water partition coefficient (Wildman–Crippen LogP) is -0.552. The van der Waals surface area contributed by atoms with Gasteiger partial charge in [-0.1, -0.05) is 16.9 Å². The van der Waals surface area contributed by atoms with E-state index in [1.165, 1.54) is 24.3 Å². The van der Waals surface area contributed by atoms with Crippen molar-refractivity contribution in [2.45, 2.75) is 16.6 Å². The molecule has 5 heterocycles. The molecule has 6 N–H and O–H groups in total. The number of aromatic nitrogens is 5. The maximum Gasteiger partial charge on any atom is 0.354 e. The smallest absolute Gasteiger partial charge is 0.354 e. The summed E-state index contributed by atoms with van der Waals surface area (Å²) >= 11 is 3.36. The van der Waals surface area contributed by atoms with Gasteiger partial charge >= 0.3 is 11.9 Å². The number of hydrogen-bond acceptors (Lipinski definition) is 15. The number of carboxylic acid groups (broad SMARTS) is 2. The molecule has 208 valence electrons. The number of hydrogen-bond donors (Lipinski definition) is 5. The van der Waals surface area contributed by atoms with E-state index in [0.717, 1.165) is 38.5 Å². The summed E-state index contributed by atoms with van der Waals surface area (Å²) in [6.07, 6.45) is 0. The lowest BCUT2D eigenvalue weighted by Crippen LogP contribution is -2.71. The van der Waals surface area contributed by atoms with Gasteiger partial charge < -0.3 is 31.2 Å². The van der Waals surface area contributed by atoms with Crippen LogP contribution in [-0.4, -0.2) is 104 Å². The van der Waals surface area contributed by atoms with E-state index < -0.39 is 46.7 Å². The number of aromatic carboxylic acids is 1. The van der Waals surface area contributed by atoms with E-state index in [4.69, 9.17) is 15.7 Å². The van der Waals surface area contributed by atoms with Crippen LogP contribution in [0.5, 0.6) is 5.88 Å². The number of fused-ring (bicyclic) bond motifs is 2. The highest BCUT2D eigenvalue weighted by Gasteiger charge is 2.54. The molecular weight excluding hydrogens is 590 g/mol. The van der Waals surface area contributed by atoms with Gasteiger partial charge in [0, 0.05) is 23.0 Å². The summed E-state index contributed by atoms with van der Waals surface area (Å²) < 4.78 is 1.12. The Labute approximate surface area is 235 Å². The van der Waals surface area contributed by atoms with Gasteiger partial charge in [0.25, 0.3) is 17.6 Å². The summed E-state index contributed by atoms with van der Waals surface area (Å²) in [6, 6.07) is -0.0867. The van der Waals surface area contributed by atoms with E-state index in [2.05, 4.69) is 30.6 Å². The van der Waals surface area contributed by atoms with E-state index in [0.29, 0.717) is 5.57 Å². The van der Waals surface area contributed by atoms with Crippen LogP contribution in [-0.2, 0) is 19.2 Å². The van der Waals surface area contributed by atoms with Crippen molar-refractivity contribution in [1.29, 1.82) is 0 Å². The van der Waals surface area contributed by atoms with Gasteiger partial charge in [0.1, 0.15) is 29.9 Å². The van der Waals surface area contributed by atoms with Crippen molar-refractivity contribution in [3.63, 3.8) is 0 Å². The number of nitrogen functional groups attached to an aromatic ring is 1. The Kier molecular flexibility index (Phi) is 7.21. The minimum Gasteiger partial charge on any atom is -0.494 e. The van der Waals surface area contributed by atoms with Crippen LogP contribution >= 0.6 is 34.9 Å². The van der Waals surface area contributed by atoms with Gasteiger partial charge in [-0.3, -0.25) is 14.5 Å². The molecule has 0 aliphatic carbocycles. The number of carbonyl (C=O) groups is 4. The van der Waals surface area contributed by atoms with Gasteiger partial charge in [0.15, 0.2) is 21.7 Å². The lowest BCUT2D eigenvalue weighted by Gasteiger charge is -2.49. The lowest BCUT2D eigenvalue weighted by molar-refractivity contribution is -0.150. The fourth-order valence-corrected chi connectivity index (χ4v) is 6.88. The number of nitrogens with one attached hydrogen (secondary N) is 1. The molecule has 0 spiro atoms. The van der Waals surface area contributed by atoms with Gasteiger partial charge in [-0.25, -0.2) is 24.0 Å². The van der Waals surface area contributed by atoms with Crippen molar-refractivity contribution in [2.75, 3.05) is 24.3 Å². The number of carboxylic acids is 2. The molecule has 1 fully saturated rings. The third kappa shape index (κ3) is 4.75. The Hall–Kier alpha value is -4.43. The Bertz CT molecular complexity index is 1630. The molecule has 40 heavy (non-hydrogen) atoms. The number of β-lactam (4-membered cyclic amide) rings is 1. The third-order valence-electron chi connectivity index (χ3n) is 5.62. The normalized spacial score (nSPS) is 18.9. The van der Waals surface area contributed by atoms with E-state index in [1.807, 2.05) is 0 Å². The number of carbonyl (C=O) groups excluding carboxylic acids is 2. The second kappa shape index (κ2) is 10.6. The van der Waals surface area contributed by atoms with E-state index >= 15 is 0 Å². The molecule has 2 amide bonds. The number of aliphatic carboxylic acids is 1. The summed E-state index contributed by atoms with van der Waals surface area (Å²) in [6.45, 7) is 0. The Morgan fingerprint density at radius 3 is 2.67 bits per heavy atom. The highest BCUT2D eigenvalue weighted by atomic mass is 32.2. The van der Waals surface area contributed by atoms with Gasteiger partial charge in [0.05, 0.1) is 0 Å². The zero-order valence-electron chi connectivity index (χ0n) is 20.0. The average Bonchev–Trinajstić information content (AvgIpc) is 3.54. The predicted molar refractivity (Wildman–Crippen MR) is 140 cm³/mol. The quantitative estimate of drug-likeness (QED) is 0.0886. The SMILES string of the molecule is CO/N=C(\C(=O)N[C@@H]1C(=O)N2C(C(=O)O)=C(CSc3nnc4nc(C(=O)O)cc(O)n34)CS[C@H]12)c1csc(N)n1. The topological polar surface area (TPSA) is 248 Å². The van der Waals surface area contributed by atoms with Crippen molar-refractivity contribution in [1.82, 2.24) is 34.8 Å². The zero-order valence-corrected chi connectivity index (χ0v) is 22.5. The van der Waals surface area contributed by atoms with Crippen LogP contribution in [0.2, 0.25) is 0 Å². The van der Waals surface area contributed by atoms with E-state index in [9.17, 15) is 29.4 Å². The third-order valence-corrected chi connectivity index (χ3v) is 8.65. The molecule has 0 saturated carbocycles. The monoisotopic (exact) mass is 607 g/mol. The number of thioether (sulfide) groups is 2. The molecule has 2 atom stereocenters. The van der Waals surface area contributed by atoms with Crippen molar-refractivity contribution < 1.29 is 39.3 Å². The number of anilines is 1. The first kappa shape index (κ1) is 27.1. The Morgan fingerprint density at radius 1 is 1.25 bits per heavy atom. The molecule has 0 unspecified atom stereocenters. The lowest BCUT2D eigenvalue weighted by atomic mass is 10.0. The van der Waals surface area contributed by atoms with Gasteiger partial charge in [-0.2, -0.15) is 0 Å². The summed E-state index contributed by atoms with van der Waals surface area (Å²) in [4.78, 5) is 62.9. The molecule has 2 aliphatic heterocycles. The van der Waals surface area contributed by atoms with E-state index in [-0.39, 0.29) is 44.7 Å². The molecule has 3 aromatic heterocycles. The van der Waals surface area contributed by atoms with Crippen LogP contribution in [0, 0.1) is 0 Å². The molecule has 17 nitrogen and oxygen atoms in total. The van der Waals surface area contributed by atoms with Crippen LogP contribution < -0.4 is 11.1 Å². The molecular formula is C20H17N9O8S3. The summed E-state index contributed by atoms with van der Waals surface area (Å²) in [5.41, 5.74) is 5.34. The van der Waals surface area contributed by atoms with Crippen LogP contribution in [0.1, 0.15) is 16.2 Å². The highest BCUT2D eigenvalue weighted by molar-refractivity contribution is 8.01. The molecule has 1 saturated heterocycles. The maximum atomic E-state index is 13.0. The molecule has 0 radical (unpaired) electrons. The fourth-order valence-electron chi connectivity index (χ4n) is 3.91. The minimum atomic E-state index is -1.36. The molecule has 0 aromatic carbocycles. The Balaban J connectivity index is 1.33. The number of amides is 2. The minimum absolute atomic E-state index is 0.0545. The van der Waals surface area contributed by atoms with Crippen molar-refractivity contribution in [3.8, 4) is 5.88 Å². The number of rotatable bonds is 9. The number of nitrogens with two attached hydrogens (primary N) is 1. The van der Waals surface area contributed by atoms with Gasteiger partial charge in [-0.05, 0) is 5.57 Å². The number of oxime groups is 1. The molecule has 20 heteroatoms. The first-order valence-electron chi connectivity index (χ1n) is 10.9. The van der Waals surface area contributed by atoms with Crippen LogP contribution in [0.25, 0.3) is 5.78 Å². The standard InChI is InChI=1S/C20H17N9O8S3/c1-37-27-10(8-5-39-18(21)22-8)13(31)24-11-14(32)29-12(17(35)36)6(3-38-15(11)29)4-40-20-26-25-19-23-7(16(33)34)2-9(30)28(19)20/h2,5,11,15,30H,3-4H2,1H3,(H2,21,22)(H,24,31)(H,33,34)(H,35,36)/b27-10-/t11-,15-/m1/s1. The second-order valence-corrected chi connectivity index (χ2v) is 11.0. The molecule has 0 bridgehead atoms. The molecule has 2 aliphatic rings. The second-order valence-electron chi connectivity index (χ2n) is 8.02.